The van der Waals surface area contributed by atoms with E-state index >= 15 is 0 Å². The molecule has 1 fully saturated rings. The van der Waals surface area contributed by atoms with Gasteiger partial charge in [0.2, 0.25) is 0 Å². The zero-order chi connectivity index (χ0) is 13.0. The van der Waals surface area contributed by atoms with Gasteiger partial charge in [0, 0.05) is 25.3 Å². The van der Waals surface area contributed by atoms with Gasteiger partial charge in [-0.25, -0.2) is 9.97 Å². The molecule has 0 amide bonds. The third kappa shape index (κ3) is 3.04. The Kier molecular flexibility index (Phi) is 4.63. The van der Waals surface area contributed by atoms with Crippen LogP contribution in [0.3, 0.4) is 0 Å². The van der Waals surface area contributed by atoms with Crippen molar-refractivity contribution in [3.05, 3.63) is 24.3 Å². The molecule has 5 nitrogen and oxygen atoms in total. The Bertz CT molecular complexity index is 356. The Balaban J connectivity index is 1.99. The van der Waals surface area contributed by atoms with E-state index in [1.54, 1.807) is 12.5 Å². The molecule has 0 aromatic carbocycles. The van der Waals surface area contributed by atoms with Crippen molar-refractivity contribution in [1.29, 1.82) is 0 Å². The smallest absolute Gasteiger partial charge is 0.115 e. The fourth-order valence-corrected chi connectivity index (χ4v) is 2.69. The lowest BCUT2D eigenvalue weighted by atomic mass is 10.1. The molecule has 5 heteroatoms. The van der Waals surface area contributed by atoms with Crippen LogP contribution in [-0.2, 0) is 0 Å². The standard InChI is InChI=1S/C13H23N5/c1-17-7-3-4-11(17)9-18(2)13(8-14)12-5-6-15-10-16-12/h5-6,10-11,13H,3-4,7-9,14H2,1-2H3. The van der Waals surface area contributed by atoms with Crippen LogP contribution in [-0.4, -0.2) is 59.5 Å². The third-order valence-electron chi connectivity index (χ3n) is 3.87. The van der Waals surface area contributed by atoms with Gasteiger partial charge in [0.25, 0.3) is 0 Å². The first-order valence-corrected chi connectivity index (χ1v) is 6.59. The molecule has 2 heterocycles. The maximum atomic E-state index is 5.90. The molecule has 1 aromatic heterocycles. The third-order valence-corrected chi connectivity index (χ3v) is 3.87. The number of nitrogens with two attached hydrogens (primary N) is 1. The van der Waals surface area contributed by atoms with Crippen molar-refractivity contribution in [3.63, 3.8) is 0 Å². The fourth-order valence-electron chi connectivity index (χ4n) is 2.69. The van der Waals surface area contributed by atoms with Crippen LogP contribution in [0.15, 0.2) is 18.6 Å². The molecule has 0 radical (unpaired) electrons. The summed E-state index contributed by atoms with van der Waals surface area (Å²) in [5.41, 5.74) is 6.91. The molecule has 2 unspecified atom stereocenters. The van der Waals surface area contributed by atoms with Crippen LogP contribution >= 0.6 is 0 Å². The predicted molar refractivity (Wildman–Crippen MR) is 72.1 cm³/mol. The SMILES string of the molecule is CN1CCCC1CN(C)C(CN)c1ccncn1. The lowest BCUT2D eigenvalue weighted by Crippen LogP contribution is -2.40. The average molecular weight is 249 g/mol. The molecule has 1 aliphatic heterocycles. The summed E-state index contributed by atoms with van der Waals surface area (Å²) in [6.07, 6.45) is 5.95. The van der Waals surface area contributed by atoms with Gasteiger partial charge >= 0.3 is 0 Å². The van der Waals surface area contributed by atoms with Gasteiger partial charge in [-0.3, -0.25) is 4.90 Å². The van der Waals surface area contributed by atoms with E-state index in [1.165, 1.54) is 19.4 Å². The first kappa shape index (κ1) is 13.4. The normalized spacial score (nSPS) is 22.6. The van der Waals surface area contributed by atoms with Crippen LogP contribution < -0.4 is 5.73 Å². The summed E-state index contributed by atoms with van der Waals surface area (Å²) in [6.45, 7) is 2.84. The van der Waals surface area contributed by atoms with E-state index in [0.29, 0.717) is 12.6 Å². The molecule has 1 aliphatic rings. The number of nitrogens with zero attached hydrogens (tertiary/aromatic N) is 4. The molecule has 18 heavy (non-hydrogen) atoms. The monoisotopic (exact) mass is 249 g/mol. The van der Waals surface area contributed by atoms with Crippen molar-refractivity contribution >= 4 is 0 Å². The Morgan fingerprint density at radius 1 is 1.61 bits per heavy atom. The van der Waals surface area contributed by atoms with Crippen LogP contribution in [0.4, 0.5) is 0 Å². The minimum absolute atomic E-state index is 0.182. The summed E-state index contributed by atoms with van der Waals surface area (Å²) in [6, 6.07) is 2.78. The molecule has 2 N–H and O–H groups in total. The zero-order valence-electron chi connectivity index (χ0n) is 11.3. The van der Waals surface area contributed by atoms with E-state index < -0.39 is 0 Å². The molecule has 0 aliphatic carbocycles. The van der Waals surface area contributed by atoms with Crippen LogP contribution in [0.25, 0.3) is 0 Å². The largest absolute Gasteiger partial charge is 0.329 e. The highest BCUT2D eigenvalue weighted by atomic mass is 15.2. The quantitative estimate of drug-likeness (QED) is 0.823. The van der Waals surface area contributed by atoms with Gasteiger partial charge in [0.05, 0.1) is 11.7 Å². The number of aromatic nitrogens is 2. The number of hydrogen-bond donors (Lipinski definition) is 1. The van der Waals surface area contributed by atoms with Crippen molar-refractivity contribution < 1.29 is 0 Å². The summed E-state index contributed by atoms with van der Waals surface area (Å²) < 4.78 is 0. The summed E-state index contributed by atoms with van der Waals surface area (Å²) in [5, 5.41) is 0. The Morgan fingerprint density at radius 3 is 3.00 bits per heavy atom. The van der Waals surface area contributed by atoms with Crippen LogP contribution in [0.1, 0.15) is 24.6 Å². The van der Waals surface area contributed by atoms with Gasteiger partial charge in [0.15, 0.2) is 0 Å². The molecule has 2 atom stereocenters. The molecular formula is C13H23N5. The van der Waals surface area contributed by atoms with Gasteiger partial charge in [-0.1, -0.05) is 0 Å². The van der Waals surface area contributed by atoms with Crippen LogP contribution in [0, 0.1) is 0 Å². The molecular weight excluding hydrogens is 226 g/mol. The zero-order valence-corrected chi connectivity index (χ0v) is 11.3. The van der Waals surface area contributed by atoms with E-state index in [-0.39, 0.29) is 6.04 Å². The van der Waals surface area contributed by atoms with Crippen molar-refractivity contribution in [2.75, 3.05) is 33.7 Å². The van der Waals surface area contributed by atoms with Crippen molar-refractivity contribution in [3.8, 4) is 0 Å². The molecule has 0 bridgehead atoms. The van der Waals surface area contributed by atoms with E-state index in [4.69, 9.17) is 5.73 Å². The lowest BCUT2D eigenvalue weighted by molar-refractivity contribution is 0.177. The highest BCUT2D eigenvalue weighted by Gasteiger charge is 2.25. The highest BCUT2D eigenvalue weighted by Crippen LogP contribution is 2.20. The maximum absolute atomic E-state index is 5.90. The second kappa shape index (κ2) is 6.22. The summed E-state index contributed by atoms with van der Waals surface area (Å²) in [4.78, 5) is 13.0. The molecule has 0 spiro atoms. The van der Waals surface area contributed by atoms with Crippen LogP contribution in [0.5, 0.6) is 0 Å². The number of hydrogen-bond acceptors (Lipinski definition) is 5. The minimum Gasteiger partial charge on any atom is -0.329 e. The van der Waals surface area contributed by atoms with Crippen molar-refractivity contribution in [2.45, 2.75) is 24.9 Å². The van der Waals surface area contributed by atoms with Gasteiger partial charge in [0.1, 0.15) is 6.33 Å². The second-order valence-corrected chi connectivity index (χ2v) is 5.10. The molecule has 1 saturated heterocycles. The first-order chi connectivity index (χ1) is 8.72. The Hall–Kier alpha value is -1.04. The number of likely N-dealkylation sites (tertiary alicyclic amines) is 1. The number of likely N-dealkylation sites (N-methyl/N-ethyl adjacent to an activating group) is 2. The molecule has 0 saturated carbocycles. The fraction of sp³-hybridized carbons (Fsp3) is 0.692. The van der Waals surface area contributed by atoms with Crippen molar-refractivity contribution in [2.24, 2.45) is 5.73 Å². The van der Waals surface area contributed by atoms with E-state index in [1.807, 2.05) is 6.07 Å². The number of rotatable bonds is 5. The van der Waals surface area contributed by atoms with Crippen LogP contribution in [0.2, 0.25) is 0 Å². The summed E-state index contributed by atoms with van der Waals surface area (Å²) in [5.74, 6) is 0. The van der Waals surface area contributed by atoms with E-state index in [9.17, 15) is 0 Å². The van der Waals surface area contributed by atoms with Gasteiger partial charge in [-0.05, 0) is 39.5 Å². The summed E-state index contributed by atoms with van der Waals surface area (Å²) in [7, 11) is 4.33. The average Bonchev–Trinajstić information content (AvgIpc) is 2.77. The first-order valence-electron chi connectivity index (χ1n) is 6.59. The summed E-state index contributed by atoms with van der Waals surface area (Å²) >= 11 is 0. The van der Waals surface area contributed by atoms with Gasteiger partial charge < -0.3 is 10.6 Å². The van der Waals surface area contributed by atoms with E-state index in [0.717, 1.165) is 12.2 Å². The lowest BCUT2D eigenvalue weighted by Gasteiger charge is -2.31. The topological polar surface area (TPSA) is 58.3 Å². The van der Waals surface area contributed by atoms with Crippen molar-refractivity contribution in [1.82, 2.24) is 19.8 Å². The van der Waals surface area contributed by atoms with Gasteiger partial charge in [-0.15, -0.1) is 0 Å². The Morgan fingerprint density at radius 2 is 2.44 bits per heavy atom. The molecule has 100 valence electrons. The molecule has 1 aromatic rings. The second-order valence-electron chi connectivity index (χ2n) is 5.10. The van der Waals surface area contributed by atoms with Gasteiger partial charge in [-0.2, -0.15) is 0 Å². The molecule has 2 rings (SSSR count). The highest BCUT2D eigenvalue weighted by molar-refractivity contribution is 5.05. The van der Waals surface area contributed by atoms with E-state index in [2.05, 4.69) is 33.9 Å². The Labute approximate surface area is 109 Å². The minimum atomic E-state index is 0.182. The predicted octanol–water partition coefficient (Wildman–Crippen LogP) is 0.502. The maximum Gasteiger partial charge on any atom is 0.115 e.